The van der Waals surface area contributed by atoms with E-state index < -0.39 is 4.92 Å². The van der Waals surface area contributed by atoms with Crippen LogP contribution in [0.15, 0.2) is 22.7 Å². The Morgan fingerprint density at radius 1 is 1.56 bits per heavy atom. The molecule has 0 amide bonds. The predicted octanol–water partition coefficient (Wildman–Crippen LogP) is 2.55. The maximum Gasteiger partial charge on any atom is 0.276 e. The van der Waals surface area contributed by atoms with Crippen molar-refractivity contribution in [3.8, 4) is 0 Å². The van der Waals surface area contributed by atoms with Gasteiger partial charge in [-0.2, -0.15) is 0 Å². The molecule has 0 aliphatic rings. The second kappa shape index (κ2) is 5.01. The third-order valence-electron chi connectivity index (χ3n) is 2.08. The van der Waals surface area contributed by atoms with Crippen molar-refractivity contribution in [1.82, 2.24) is 9.97 Å². The summed E-state index contributed by atoms with van der Waals surface area (Å²) in [4.78, 5) is 18.0. The first-order valence-corrected chi connectivity index (χ1v) is 5.39. The number of oxazole rings is 1. The normalized spacial score (nSPS) is 10.3. The van der Waals surface area contributed by atoms with Crippen LogP contribution in [0.1, 0.15) is 11.7 Å². The van der Waals surface area contributed by atoms with Crippen molar-refractivity contribution in [2.24, 2.45) is 0 Å². The Morgan fingerprint density at radius 3 is 2.94 bits per heavy atom. The molecule has 0 radical (unpaired) electrons. The first kappa shape index (κ1) is 12.3. The molecule has 8 heteroatoms. The van der Waals surface area contributed by atoms with Gasteiger partial charge in [-0.15, -0.1) is 0 Å². The Morgan fingerprint density at radius 2 is 2.33 bits per heavy atom. The molecule has 0 bridgehead atoms. The van der Waals surface area contributed by atoms with E-state index in [9.17, 15) is 10.1 Å². The number of nitrogens with one attached hydrogen (secondary N) is 1. The van der Waals surface area contributed by atoms with E-state index in [0.717, 1.165) is 0 Å². The van der Waals surface area contributed by atoms with Gasteiger partial charge in [-0.1, -0.05) is 11.6 Å². The quantitative estimate of drug-likeness (QED) is 0.520. The maximum atomic E-state index is 10.6. The summed E-state index contributed by atoms with van der Waals surface area (Å²) in [5, 5.41) is 13.5. The maximum absolute atomic E-state index is 10.6. The largest absolute Gasteiger partial charge is 0.444 e. The summed E-state index contributed by atoms with van der Waals surface area (Å²) in [7, 11) is 0. The van der Waals surface area contributed by atoms with Gasteiger partial charge in [0.1, 0.15) is 16.7 Å². The number of hydrogen-bond donors (Lipinski definition) is 1. The van der Waals surface area contributed by atoms with Crippen LogP contribution in [0.25, 0.3) is 0 Å². The first-order chi connectivity index (χ1) is 8.54. The van der Waals surface area contributed by atoms with Gasteiger partial charge in [-0.3, -0.25) is 10.1 Å². The summed E-state index contributed by atoms with van der Waals surface area (Å²) in [5.74, 6) is 1.46. The Hall–Kier alpha value is -2.15. The number of aromatic nitrogens is 2. The molecule has 2 aromatic heterocycles. The Kier molecular flexibility index (Phi) is 3.42. The molecule has 0 aliphatic carbocycles. The van der Waals surface area contributed by atoms with E-state index >= 15 is 0 Å². The molecule has 18 heavy (non-hydrogen) atoms. The van der Waals surface area contributed by atoms with Crippen LogP contribution >= 0.6 is 11.6 Å². The van der Waals surface area contributed by atoms with Gasteiger partial charge in [-0.25, -0.2) is 9.97 Å². The minimum absolute atomic E-state index is 0.0512. The molecular formula is C10H9ClN4O3. The summed E-state index contributed by atoms with van der Waals surface area (Å²) >= 11 is 5.69. The average Bonchev–Trinajstić information content (AvgIpc) is 2.72. The van der Waals surface area contributed by atoms with E-state index in [1.165, 1.54) is 12.1 Å². The van der Waals surface area contributed by atoms with Crippen LogP contribution in [0.2, 0.25) is 5.15 Å². The highest BCUT2D eigenvalue weighted by Gasteiger charge is 2.10. The summed E-state index contributed by atoms with van der Waals surface area (Å²) in [6, 6.07) is 2.48. The predicted molar refractivity (Wildman–Crippen MR) is 64.5 cm³/mol. The van der Waals surface area contributed by atoms with Crippen molar-refractivity contribution in [2.75, 3.05) is 5.32 Å². The summed E-state index contributed by atoms with van der Waals surface area (Å²) in [5.41, 5.74) is -0.124. The zero-order valence-electron chi connectivity index (χ0n) is 9.38. The lowest BCUT2D eigenvalue weighted by atomic mass is 10.4. The molecule has 94 valence electrons. The van der Waals surface area contributed by atoms with Crippen molar-refractivity contribution >= 4 is 23.1 Å². The molecule has 0 spiro atoms. The van der Waals surface area contributed by atoms with E-state index in [1.54, 1.807) is 13.1 Å². The number of anilines is 1. The fourth-order valence-electron chi connectivity index (χ4n) is 1.33. The van der Waals surface area contributed by atoms with Gasteiger partial charge in [0.2, 0.25) is 5.89 Å². The van der Waals surface area contributed by atoms with E-state index in [4.69, 9.17) is 16.0 Å². The number of nitro groups is 1. The SMILES string of the molecule is Cc1cnc(CNc2cc([N+](=O)[O-])cc(Cl)n2)o1. The van der Waals surface area contributed by atoms with Crippen molar-refractivity contribution in [2.45, 2.75) is 13.5 Å². The molecule has 2 heterocycles. The van der Waals surface area contributed by atoms with Crippen LogP contribution in [0.5, 0.6) is 0 Å². The zero-order chi connectivity index (χ0) is 13.1. The standard InChI is InChI=1S/C10H9ClN4O3/c1-6-4-13-10(18-6)5-12-9-3-7(15(16)17)2-8(11)14-9/h2-4H,5H2,1H3,(H,12,14). The third-order valence-corrected chi connectivity index (χ3v) is 2.27. The van der Waals surface area contributed by atoms with Crippen LogP contribution in [0.4, 0.5) is 11.5 Å². The van der Waals surface area contributed by atoms with Crippen LogP contribution in [0.3, 0.4) is 0 Å². The fraction of sp³-hybridized carbons (Fsp3) is 0.200. The summed E-state index contributed by atoms with van der Waals surface area (Å²) in [6.45, 7) is 2.05. The van der Waals surface area contributed by atoms with Gasteiger partial charge in [-0.05, 0) is 6.92 Å². The fourth-order valence-corrected chi connectivity index (χ4v) is 1.53. The molecular weight excluding hydrogens is 260 g/mol. The van der Waals surface area contributed by atoms with Crippen molar-refractivity contribution in [3.63, 3.8) is 0 Å². The lowest BCUT2D eigenvalue weighted by molar-refractivity contribution is -0.384. The zero-order valence-corrected chi connectivity index (χ0v) is 10.1. The first-order valence-electron chi connectivity index (χ1n) is 5.02. The highest BCUT2D eigenvalue weighted by Crippen LogP contribution is 2.20. The Bertz CT molecular complexity index is 584. The molecule has 0 fully saturated rings. The lowest BCUT2D eigenvalue weighted by Crippen LogP contribution is -2.02. The highest BCUT2D eigenvalue weighted by atomic mass is 35.5. The minimum Gasteiger partial charge on any atom is -0.444 e. The van der Waals surface area contributed by atoms with Crippen LogP contribution in [-0.4, -0.2) is 14.9 Å². The van der Waals surface area contributed by atoms with E-state index in [-0.39, 0.29) is 17.4 Å². The molecule has 0 aliphatic heterocycles. The second-order valence-electron chi connectivity index (χ2n) is 3.51. The molecule has 0 saturated heterocycles. The molecule has 0 aromatic carbocycles. The summed E-state index contributed by atoms with van der Waals surface area (Å²) in [6.07, 6.45) is 1.59. The van der Waals surface area contributed by atoms with Crippen molar-refractivity contribution in [1.29, 1.82) is 0 Å². The van der Waals surface area contributed by atoms with Crippen LogP contribution < -0.4 is 5.32 Å². The molecule has 0 saturated carbocycles. The molecule has 1 N–H and O–H groups in total. The van der Waals surface area contributed by atoms with Gasteiger partial charge < -0.3 is 9.73 Å². The number of aryl methyl sites for hydroxylation is 1. The van der Waals surface area contributed by atoms with Gasteiger partial charge in [0.05, 0.1) is 29.8 Å². The van der Waals surface area contributed by atoms with Crippen LogP contribution in [0, 0.1) is 17.0 Å². The number of hydrogen-bond acceptors (Lipinski definition) is 6. The molecule has 7 nitrogen and oxygen atoms in total. The number of pyridine rings is 1. The minimum atomic E-state index is -0.534. The Balaban J connectivity index is 2.11. The van der Waals surface area contributed by atoms with Gasteiger partial charge in [0, 0.05) is 0 Å². The number of halogens is 1. The molecule has 0 unspecified atom stereocenters. The molecule has 2 rings (SSSR count). The number of rotatable bonds is 4. The Labute approximate surface area is 107 Å². The van der Waals surface area contributed by atoms with Crippen molar-refractivity contribution < 1.29 is 9.34 Å². The topological polar surface area (TPSA) is 94.1 Å². The third kappa shape index (κ3) is 2.95. The average molecular weight is 269 g/mol. The lowest BCUT2D eigenvalue weighted by Gasteiger charge is -2.03. The van der Waals surface area contributed by atoms with Crippen molar-refractivity contribution in [3.05, 3.63) is 45.2 Å². The number of nitrogens with zero attached hydrogens (tertiary/aromatic N) is 3. The smallest absolute Gasteiger partial charge is 0.276 e. The van der Waals surface area contributed by atoms with Crippen LogP contribution in [-0.2, 0) is 6.54 Å². The van der Waals surface area contributed by atoms with Gasteiger partial charge in [0.15, 0.2) is 0 Å². The molecule has 2 aromatic rings. The second-order valence-corrected chi connectivity index (χ2v) is 3.90. The van der Waals surface area contributed by atoms with E-state index in [2.05, 4.69) is 15.3 Å². The van der Waals surface area contributed by atoms with E-state index in [0.29, 0.717) is 17.5 Å². The van der Waals surface area contributed by atoms with Gasteiger partial charge in [0.25, 0.3) is 5.69 Å². The van der Waals surface area contributed by atoms with E-state index in [1.807, 2.05) is 0 Å². The molecule has 0 atom stereocenters. The highest BCUT2D eigenvalue weighted by molar-refractivity contribution is 6.29. The monoisotopic (exact) mass is 268 g/mol. The van der Waals surface area contributed by atoms with Gasteiger partial charge >= 0.3 is 0 Å². The summed E-state index contributed by atoms with van der Waals surface area (Å²) < 4.78 is 5.24.